The van der Waals surface area contributed by atoms with Gasteiger partial charge in [-0.1, -0.05) is 49.8 Å². The summed E-state index contributed by atoms with van der Waals surface area (Å²) >= 11 is 0. The highest BCUT2D eigenvalue weighted by atomic mass is 16.5. The molecule has 2 aliphatic rings. The maximum Gasteiger partial charge on any atom is 0.242 e. The molecule has 2 aliphatic carbocycles. The van der Waals surface area contributed by atoms with Crippen LogP contribution in [0, 0.1) is 41.9 Å². The van der Waals surface area contributed by atoms with Gasteiger partial charge in [0.2, 0.25) is 11.6 Å². The predicted octanol–water partition coefficient (Wildman–Crippen LogP) is 4.59. The first-order valence-electron chi connectivity index (χ1n) is 11.4. The number of aryl methyl sites for hydroxylation is 1. The van der Waals surface area contributed by atoms with E-state index in [1.54, 1.807) is 6.08 Å². The molecule has 4 heteroatoms. The first kappa shape index (κ1) is 24.3. The summed E-state index contributed by atoms with van der Waals surface area (Å²) in [6, 6.07) is 5.94. The smallest absolute Gasteiger partial charge is 0.242 e. The number of hydrogen-bond acceptors (Lipinski definition) is 4. The Morgan fingerprint density at radius 3 is 2.82 bits per heavy atom. The number of benzene rings is 1. The van der Waals surface area contributed by atoms with Crippen molar-refractivity contribution in [2.45, 2.75) is 32.6 Å². The Bertz CT molecular complexity index is 1060. The van der Waals surface area contributed by atoms with E-state index >= 15 is 0 Å². The van der Waals surface area contributed by atoms with Crippen LogP contribution in [0.5, 0.6) is 5.75 Å². The SMILES string of the molecule is C#CC(=O)COc1cc(C=C)cc(CCC2C3C=CC(COCCC(=O)C#CCC)=CC32)c1. The lowest BCUT2D eigenvalue weighted by Crippen LogP contribution is -2.08. The molecule has 3 unspecified atom stereocenters. The third-order valence-electron chi connectivity index (χ3n) is 5.90. The molecule has 0 bridgehead atoms. The lowest BCUT2D eigenvalue weighted by atomic mass is 10.0. The van der Waals surface area contributed by atoms with Crippen molar-refractivity contribution in [2.75, 3.05) is 19.8 Å². The van der Waals surface area contributed by atoms with Crippen LogP contribution in [0.4, 0.5) is 0 Å². The molecule has 4 nitrogen and oxygen atoms in total. The van der Waals surface area contributed by atoms with E-state index in [1.807, 2.05) is 19.1 Å². The van der Waals surface area contributed by atoms with E-state index in [2.05, 4.69) is 48.6 Å². The van der Waals surface area contributed by atoms with Gasteiger partial charge in [-0.25, -0.2) is 0 Å². The zero-order valence-corrected chi connectivity index (χ0v) is 19.1. The Balaban J connectivity index is 1.46. The zero-order valence-electron chi connectivity index (χ0n) is 19.1. The Kier molecular flexibility index (Phi) is 8.87. The molecule has 0 saturated heterocycles. The van der Waals surface area contributed by atoms with Gasteiger partial charge >= 0.3 is 0 Å². The van der Waals surface area contributed by atoms with Crippen LogP contribution in [0.25, 0.3) is 6.08 Å². The predicted molar refractivity (Wildman–Crippen MR) is 130 cm³/mol. The number of rotatable bonds is 12. The lowest BCUT2D eigenvalue weighted by molar-refractivity contribution is -0.116. The molecule has 3 atom stereocenters. The highest BCUT2D eigenvalue weighted by Crippen LogP contribution is 2.53. The summed E-state index contributed by atoms with van der Waals surface area (Å²) in [7, 11) is 0. The molecule has 1 aromatic rings. The van der Waals surface area contributed by atoms with E-state index in [9.17, 15) is 9.59 Å². The van der Waals surface area contributed by atoms with E-state index in [0.29, 0.717) is 49.6 Å². The van der Waals surface area contributed by atoms with Crippen molar-refractivity contribution in [2.24, 2.45) is 17.8 Å². The number of allylic oxidation sites excluding steroid dienone is 2. The quantitative estimate of drug-likeness (QED) is 0.270. The summed E-state index contributed by atoms with van der Waals surface area (Å²) in [5.41, 5.74) is 3.29. The highest BCUT2D eigenvalue weighted by Gasteiger charge is 2.47. The first-order chi connectivity index (χ1) is 16.0. The van der Waals surface area contributed by atoms with Gasteiger partial charge < -0.3 is 9.47 Å². The molecule has 0 spiro atoms. The van der Waals surface area contributed by atoms with E-state index in [1.165, 1.54) is 5.57 Å². The summed E-state index contributed by atoms with van der Waals surface area (Å²) in [6.45, 7) is 6.57. The van der Waals surface area contributed by atoms with Crippen LogP contribution >= 0.6 is 0 Å². The van der Waals surface area contributed by atoms with Gasteiger partial charge in [-0.05, 0) is 71.3 Å². The number of ether oxygens (including phenoxy) is 2. The van der Waals surface area contributed by atoms with Crippen molar-refractivity contribution in [3.8, 4) is 29.9 Å². The van der Waals surface area contributed by atoms with Crippen LogP contribution in [0.2, 0.25) is 0 Å². The van der Waals surface area contributed by atoms with Gasteiger partial charge in [0.1, 0.15) is 5.75 Å². The largest absolute Gasteiger partial charge is 0.485 e. The monoisotopic (exact) mass is 442 g/mol. The van der Waals surface area contributed by atoms with Crippen molar-refractivity contribution < 1.29 is 19.1 Å². The standard InChI is InChI=1S/C29H30O4/c1-4-7-8-25(31)13-14-32-19-23-10-12-28-27(29(28)18-23)11-9-22-15-21(5-2)16-26(17-22)33-20-24(30)6-3/h3,5,10,12,15-18,27-29H,2,4,9,11,13-14,19-20H2,1H3. The van der Waals surface area contributed by atoms with Gasteiger partial charge in [-0.15, -0.1) is 6.42 Å². The second-order valence-corrected chi connectivity index (χ2v) is 8.31. The van der Waals surface area contributed by atoms with E-state index < -0.39 is 0 Å². The van der Waals surface area contributed by atoms with E-state index in [0.717, 1.165) is 24.0 Å². The molecule has 33 heavy (non-hydrogen) atoms. The topological polar surface area (TPSA) is 52.6 Å². The van der Waals surface area contributed by atoms with Gasteiger partial charge in [0.15, 0.2) is 6.61 Å². The second-order valence-electron chi connectivity index (χ2n) is 8.31. The Hall–Kier alpha value is -3.34. The maximum atomic E-state index is 11.6. The van der Waals surface area contributed by atoms with Crippen LogP contribution in [-0.2, 0) is 20.7 Å². The van der Waals surface area contributed by atoms with Crippen molar-refractivity contribution in [3.63, 3.8) is 0 Å². The van der Waals surface area contributed by atoms with E-state index in [4.69, 9.17) is 15.9 Å². The molecule has 3 rings (SSSR count). The van der Waals surface area contributed by atoms with Crippen molar-refractivity contribution in [1.82, 2.24) is 0 Å². The van der Waals surface area contributed by atoms with Crippen molar-refractivity contribution in [1.29, 1.82) is 0 Å². The number of fused-ring (bicyclic) bond motifs is 1. The number of Topliss-reactive ketones (excluding diaryl/α,β-unsaturated/α-hetero) is 2. The number of ketones is 2. The van der Waals surface area contributed by atoms with Crippen LogP contribution in [0.3, 0.4) is 0 Å². The molecule has 1 saturated carbocycles. The summed E-state index contributed by atoms with van der Waals surface area (Å²) < 4.78 is 11.2. The van der Waals surface area contributed by atoms with Crippen LogP contribution in [0.15, 0.2) is 48.6 Å². The van der Waals surface area contributed by atoms with E-state index in [-0.39, 0.29) is 18.2 Å². The van der Waals surface area contributed by atoms with Crippen LogP contribution < -0.4 is 4.74 Å². The molecule has 0 radical (unpaired) electrons. The second kappa shape index (κ2) is 12.0. The molecule has 1 fully saturated rings. The number of terminal acetylenes is 1. The Morgan fingerprint density at radius 1 is 1.21 bits per heavy atom. The average Bonchev–Trinajstić information content (AvgIpc) is 3.54. The lowest BCUT2D eigenvalue weighted by Gasteiger charge is -2.09. The van der Waals surface area contributed by atoms with Gasteiger partial charge in [0.25, 0.3) is 0 Å². The number of hydrogen-bond donors (Lipinski definition) is 0. The third-order valence-corrected chi connectivity index (χ3v) is 5.90. The van der Waals surface area contributed by atoms with Gasteiger partial charge in [0, 0.05) is 12.8 Å². The normalized spacial score (nSPS) is 19.9. The summed E-state index contributed by atoms with van der Waals surface area (Å²) in [5.74, 6) is 9.41. The number of carbonyl (C=O) groups excluding carboxylic acids is 2. The Labute approximate surface area is 196 Å². The zero-order chi connectivity index (χ0) is 23.6. The fourth-order valence-corrected chi connectivity index (χ4v) is 4.11. The first-order valence-corrected chi connectivity index (χ1v) is 11.4. The average molecular weight is 443 g/mol. The van der Waals surface area contributed by atoms with Gasteiger partial charge in [-0.2, -0.15) is 0 Å². The highest BCUT2D eigenvalue weighted by molar-refractivity contribution is 5.96. The molecule has 0 aliphatic heterocycles. The third kappa shape index (κ3) is 7.35. The minimum atomic E-state index is -0.377. The molecule has 1 aromatic carbocycles. The van der Waals surface area contributed by atoms with Crippen molar-refractivity contribution in [3.05, 3.63) is 59.7 Å². The van der Waals surface area contributed by atoms with Gasteiger partial charge in [0.05, 0.1) is 13.2 Å². The summed E-state index contributed by atoms with van der Waals surface area (Å²) in [5, 5.41) is 0. The minimum Gasteiger partial charge on any atom is -0.485 e. The maximum absolute atomic E-state index is 11.6. The fraction of sp³-hybridized carbons (Fsp3) is 0.379. The van der Waals surface area contributed by atoms with Crippen LogP contribution in [-0.4, -0.2) is 31.4 Å². The molecule has 0 N–H and O–H groups in total. The Morgan fingerprint density at radius 2 is 2.06 bits per heavy atom. The van der Waals surface area contributed by atoms with Gasteiger partial charge in [-0.3, -0.25) is 9.59 Å². The van der Waals surface area contributed by atoms with Crippen LogP contribution in [0.1, 0.15) is 37.3 Å². The molecule has 0 aromatic heterocycles. The number of carbonyl (C=O) groups is 2. The molecule has 0 amide bonds. The molecular formula is C29H30O4. The minimum absolute atomic E-state index is 0.0657. The fourth-order valence-electron chi connectivity index (χ4n) is 4.11. The molecular weight excluding hydrogens is 412 g/mol. The molecule has 170 valence electrons. The van der Waals surface area contributed by atoms with Crippen molar-refractivity contribution >= 4 is 17.6 Å². The summed E-state index contributed by atoms with van der Waals surface area (Å²) in [6.07, 6.45) is 16.6. The molecule has 0 heterocycles. The summed E-state index contributed by atoms with van der Waals surface area (Å²) in [4.78, 5) is 22.9.